The van der Waals surface area contributed by atoms with E-state index in [9.17, 15) is 8.78 Å². The molecule has 0 aromatic heterocycles. The van der Waals surface area contributed by atoms with E-state index in [2.05, 4.69) is 35.1 Å². The van der Waals surface area contributed by atoms with Gasteiger partial charge in [-0.15, -0.1) is 0 Å². The fraction of sp³-hybridized carbons (Fsp3) is 0.571. The first-order valence-corrected chi connectivity index (χ1v) is 7.12. The van der Waals surface area contributed by atoms with Crippen LogP contribution in [0.5, 0.6) is 0 Å². The molecule has 1 aromatic carbocycles. The SMILES string of the molecule is CCNC(CCC(C)C)c1c(F)cc(Br)cc1F. The third-order valence-corrected chi connectivity index (χ3v) is 3.33. The summed E-state index contributed by atoms with van der Waals surface area (Å²) >= 11 is 3.10. The summed E-state index contributed by atoms with van der Waals surface area (Å²) in [4.78, 5) is 0. The van der Waals surface area contributed by atoms with Gasteiger partial charge in [-0.05, 0) is 37.4 Å². The van der Waals surface area contributed by atoms with Gasteiger partial charge in [-0.25, -0.2) is 8.78 Å². The van der Waals surface area contributed by atoms with E-state index < -0.39 is 11.6 Å². The lowest BCUT2D eigenvalue weighted by Gasteiger charge is -2.20. The summed E-state index contributed by atoms with van der Waals surface area (Å²) in [6.45, 7) is 6.85. The Hall–Kier alpha value is -0.480. The van der Waals surface area contributed by atoms with Crippen LogP contribution >= 0.6 is 15.9 Å². The Balaban J connectivity index is 2.97. The van der Waals surface area contributed by atoms with Crippen LogP contribution in [0.1, 0.15) is 45.2 Å². The molecule has 0 radical (unpaired) electrons. The van der Waals surface area contributed by atoms with E-state index in [1.54, 1.807) is 0 Å². The van der Waals surface area contributed by atoms with Gasteiger partial charge in [0.05, 0.1) is 0 Å². The van der Waals surface area contributed by atoms with Crippen molar-refractivity contribution in [2.75, 3.05) is 6.54 Å². The Kier molecular flexibility index (Phi) is 6.22. The summed E-state index contributed by atoms with van der Waals surface area (Å²) in [5, 5.41) is 3.16. The Morgan fingerprint density at radius 2 is 1.72 bits per heavy atom. The van der Waals surface area contributed by atoms with Gasteiger partial charge < -0.3 is 5.32 Å². The molecule has 1 aromatic rings. The number of benzene rings is 1. The van der Waals surface area contributed by atoms with Crippen LogP contribution in [0.4, 0.5) is 8.78 Å². The van der Waals surface area contributed by atoms with Gasteiger partial charge in [-0.2, -0.15) is 0 Å². The summed E-state index contributed by atoms with van der Waals surface area (Å²) in [6, 6.07) is 2.38. The van der Waals surface area contributed by atoms with Crippen molar-refractivity contribution in [2.45, 2.75) is 39.7 Å². The van der Waals surface area contributed by atoms with E-state index in [4.69, 9.17) is 0 Å². The fourth-order valence-corrected chi connectivity index (χ4v) is 2.38. The lowest BCUT2D eigenvalue weighted by molar-refractivity contribution is 0.416. The molecular weight excluding hydrogens is 300 g/mol. The summed E-state index contributed by atoms with van der Waals surface area (Å²) < 4.78 is 28.2. The van der Waals surface area contributed by atoms with Crippen LogP contribution in [0, 0.1) is 17.6 Å². The maximum atomic E-state index is 13.9. The number of rotatable bonds is 6. The molecule has 0 fully saturated rings. The molecule has 0 aliphatic heterocycles. The highest BCUT2D eigenvalue weighted by atomic mass is 79.9. The van der Waals surface area contributed by atoms with E-state index in [0.717, 1.165) is 12.8 Å². The lowest BCUT2D eigenvalue weighted by Crippen LogP contribution is -2.23. The molecule has 0 saturated heterocycles. The van der Waals surface area contributed by atoms with Gasteiger partial charge in [0.2, 0.25) is 0 Å². The van der Waals surface area contributed by atoms with E-state index in [1.165, 1.54) is 12.1 Å². The second kappa shape index (κ2) is 7.19. The second-order valence-electron chi connectivity index (χ2n) is 4.86. The van der Waals surface area contributed by atoms with Crippen LogP contribution in [0.15, 0.2) is 16.6 Å². The lowest BCUT2D eigenvalue weighted by atomic mass is 9.96. The molecular formula is C14H20BrF2N. The first-order chi connectivity index (χ1) is 8.45. The van der Waals surface area contributed by atoms with Crippen molar-refractivity contribution in [3.8, 4) is 0 Å². The summed E-state index contributed by atoms with van der Waals surface area (Å²) in [6.07, 6.45) is 1.67. The topological polar surface area (TPSA) is 12.0 Å². The molecule has 1 atom stereocenters. The van der Waals surface area contributed by atoms with Crippen molar-refractivity contribution in [1.29, 1.82) is 0 Å². The molecule has 18 heavy (non-hydrogen) atoms. The van der Waals surface area contributed by atoms with E-state index in [1.807, 2.05) is 6.92 Å². The highest BCUT2D eigenvalue weighted by Gasteiger charge is 2.20. The molecule has 0 aliphatic rings. The molecule has 0 heterocycles. The largest absolute Gasteiger partial charge is 0.310 e. The number of hydrogen-bond acceptors (Lipinski definition) is 1. The Labute approximate surface area is 116 Å². The molecule has 0 bridgehead atoms. The zero-order valence-corrected chi connectivity index (χ0v) is 12.7. The number of halogens is 3. The highest BCUT2D eigenvalue weighted by Crippen LogP contribution is 2.28. The minimum Gasteiger partial charge on any atom is -0.310 e. The standard InChI is InChI=1S/C14H20BrF2N/c1-4-18-13(6-5-9(2)3)14-11(16)7-10(15)8-12(14)17/h7-9,13,18H,4-6H2,1-3H3. The van der Waals surface area contributed by atoms with Gasteiger partial charge in [0.25, 0.3) is 0 Å². The fourth-order valence-electron chi connectivity index (χ4n) is 1.98. The monoisotopic (exact) mass is 319 g/mol. The number of nitrogens with one attached hydrogen (secondary N) is 1. The van der Waals surface area contributed by atoms with Crippen LogP contribution in [0.25, 0.3) is 0 Å². The van der Waals surface area contributed by atoms with Crippen molar-refractivity contribution < 1.29 is 8.78 Å². The molecule has 1 nitrogen and oxygen atoms in total. The van der Waals surface area contributed by atoms with E-state index in [0.29, 0.717) is 16.9 Å². The molecule has 0 spiro atoms. The van der Waals surface area contributed by atoms with Crippen LogP contribution in [0.2, 0.25) is 0 Å². The van der Waals surface area contributed by atoms with Crippen molar-refractivity contribution in [3.63, 3.8) is 0 Å². The number of hydrogen-bond donors (Lipinski definition) is 1. The average Bonchev–Trinajstić information content (AvgIpc) is 2.24. The molecule has 0 aliphatic carbocycles. The molecule has 102 valence electrons. The van der Waals surface area contributed by atoms with Crippen LogP contribution < -0.4 is 5.32 Å². The molecule has 1 N–H and O–H groups in total. The van der Waals surface area contributed by atoms with Gasteiger partial charge >= 0.3 is 0 Å². The maximum absolute atomic E-state index is 13.9. The zero-order chi connectivity index (χ0) is 13.7. The normalized spacial score (nSPS) is 13.1. The van der Waals surface area contributed by atoms with Crippen LogP contribution in [0.3, 0.4) is 0 Å². The third-order valence-electron chi connectivity index (χ3n) is 2.88. The predicted molar refractivity (Wildman–Crippen MR) is 74.5 cm³/mol. The summed E-state index contributed by atoms with van der Waals surface area (Å²) in [7, 11) is 0. The van der Waals surface area contributed by atoms with E-state index >= 15 is 0 Å². The van der Waals surface area contributed by atoms with Crippen molar-refractivity contribution in [1.82, 2.24) is 5.32 Å². The zero-order valence-electron chi connectivity index (χ0n) is 11.1. The van der Waals surface area contributed by atoms with Gasteiger partial charge in [0, 0.05) is 16.1 Å². The van der Waals surface area contributed by atoms with Crippen molar-refractivity contribution in [2.24, 2.45) is 5.92 Å². The summed E-state index contributed by atoms with van der Waals surface area (Å²) in [5.41, 5.74) is 0.153. The van der Waals surface area contributed by atoms with Gasteiger partial charge in [-0.3, -0.25) is 0 Å². The molecule has 4 heteroatoms. The minimum atomic E-state index is -0.489. The third kappa shape index (κ3) is 4.32. The van der Waals surface area contributed by atoms with Crippen LogP contribution in [-0.4, -0.2) is 6.54 Å². The molecule has 0 saturated carbocycles. The Morgan fingerprint density at radius 3 is 2.17 bits per heavy atom. The quantitative estimate of drug-likeness (QED) is 0.793. The Morgan fingerprint density at radius 1 is 1.17 bits per heavy atom. The van der Waals surface area contributed by atoms with Gasteiger partial charge in [-0.1, -0.05) is 36.7 Å². The summed E-state index contributed by atoms with van der Waals surface area (Å²) in [5.74, 6) is -0.458. The Bertz CT molecular complexity index is 370. The first kappa shape index (κ1) is 15.6. The van der Waals surface area contributed by atoms with Crippen molar-refractivity contribution >= 4 is 15.9 Å². The van der Waals surface area contributed by atoms with Gasteiger partial charge in [0.15, 0.2) is 0 Å². The maximum Gasteiger partial charge on any atom is 0.132 e. The molecule has 1 unspecified atom stereocenters. The first-order valence-electron chi connectivity index (χ1n) is 6.33. The molecule has 1 rings (SSSR count). The highest BCUT2D eigenvalue weighted by molar-refractivity contribution is 9.10. The molecule has 0 amide bonds. The average molecular weight is 320 g/mol. The second-order valence-corrected chi connectivity index (χ2v) is 5.78. The van der Waals surface area contributed by atoms with Gasteiger partial charge in [0.1, 0.15) is 11.6 Å². The van der Waals surface area contributed by atoms with Crippen LogP contribution in [-0.2, 0) is 0 Å². The minimum absolute atomic E-state index is 0.153. The van der Waals surface area contributed by atoms with Crippen molar-refractivity contribution in [3.05, 3.63) is 33.8 Å². The smallest absolute Gasteiger partial charge is 0.132 e. The van der Waals surface area contributed by atoms with E-state index in [-0.39, 0.29) is 11.6 Å². The predicted octanol–water partition coefficient (Wildman–Crippen LogP) is 4.81.